The number of carbonyl (C=O) groups is 1. The number of carbonyl (C=O) groups excluding carboxylic acids is 1. The van der Waals surface area contributed by atoms with Crippen LogP contribution < -0.4 is 9.64 Å². The molecule has 1 aromatic carbocycles. The number of nitrogens with zero attached hydrogens (tertiary/aromatic N) is 3. The summed E-state index contributed by atoms with van der Waals surface area (Å²) in [6, 6.07) is 4.42. The maximum atomic E-state index is 13.3. The number of amides is 1. The normalized spacial score (nSPS) is 17.4. The standard InChI is InChI=1S/C20H25N3O6S3/c1-31(25,26)15-5-6-17(29-13-14-3-4-14)16(11-15)19(24)22-7-9-23(10-8-22)20-21-12-18(30-20)32(2,27)28/h5-6,11-12,14H,3-4,7-10,13H2,1-2H3. The quantitative estimate of drug-likeness (QED) is 0.566. The molecule has 32 heavy (non-hydrogen) atoms. The molecule has 1 aromatic heterocycles. The Morgan fingerprint density at radius 2 is 1.78 bits per heavy atom. The Morgan fingerprint density at radius 3 is 2.34 bits per heavy atom. The van der Waals surface area contributed by atoms with Gasteiger partial charge in [0.2, 0.25) is 0 Å². The topological polar surface area (TPSA) is 114 Å². The van der Waals surface area contributed by atoms with Crippen LogP contribution >= 0.6 is 11.3 Å². The molecule has 4 rings (SSSR count). The number of sulfone groups is 2. The van der Waals surface area contributed by atoms with Crippen molar-refractivity contribution in [2.75, 3.05) is 50.2 Å². The van der Waals surface area contributed by atoms with Gasteiger partial charge in [0.25, 0.3) is 5.91 Å². The van der Waals surface area contributed by atoms with Crippen LogP contribution in [-0.2, 0) is 19.7 Å². The van der Waals surface area contributed by atoms with Crippen molar-refractivity contribution in [1.29, 1.82) is 0 Å². The third-order valence-corrected chi connectivity index (χ3v) is 9.41. The molecule has 1 aliphatic heterocycles. The first kappa shape index (κ1) is 23.0. The summed E-state index contributed by atoms with van der Waals surface area (Å²) in [6.45, 7) is 2.30. The summed E-state index contributed by atoms with van der Waals surface area (Å²) in [4.78, 5) is 21.2. The molecule has 1 aliphatic carbocycles. The molecular weight excluding hydrogens is 474 g/mol. The first-order chi connectivity index (χ1) is 15.0. The zero-order valence-electron chi connectivity index (χ0n) is 17.9. The minimum atomic E-state index is -3.47. The SMILES string of the molecule is CS(=O)(=O)c1ccc(OCC2CC2)c(C(=O)N2CCN(c3ncc(S(C)(=O)=O)s3)CC2)c1. The molecule has 1 saturated heterocycles. The Bertz CT molecular complexity index is 1230. The van der Waals surface area contributed by atoms with Crippen molar-refractivity contribution in [2.45, 2.75) is 21.9 Å². The van der Waals surface area contributed by atoms with E-state index in [9.17, 15) is 21.6 Å². The van der Waals surface area contributed by atoms with Gasteiger partial charge in [-0.25, -0.2) is 21.8 Å². The van der Waals surface area contributed by atoms with Crippen LogP contribution in [0, 0.1) is 5.92 Å². The molecule has 2 heterocycles. The fraction of sp³-hybridized carbons (Fsp3) is 0.500. The van der Waals surface area contributed by atoms with E-state index in [1.165, 1.54) is 18.3 Å². The lowest BCUT2D eigenvalue weighted by Crippen LogP contribution is -2.48. The van der Waals surface area contributed by atoms with Crippen molar-refractivity contribution >= 4 is 42.1 Å². The van der Waals surface area contributed by atoms with Gasteiger partial charge < -0.3 is 14.5 Å². The van der Waals surface area contributed by atoms with Crippen LogP contribution in [0.3, 0.4) is 0 Å². The Kier molecular flexibility index (Phi) is 6.21. The van der Waals surface area contributed by atoms with Crippen LogP contribution in [0.25, 0.3) is 0 Å². The second-order valence-electron chi connectivity index (χ2n) is 8.20. The molecule has 0 N–H and O–H groups in total. The van der Waals surface area contributed by atoms with Crippen LogP contribution in [0.5, 0.6) is 5.75 Å². The summed E-state index contributed by atoms with van der Waals surface area (Å²) >= 11 is 1.11. The highest BCUT2D eigenvalue weighted by Crippen LogP contribution is 2.32. The Labute approximate surface area is 191 Å². The summed E-state index contributed by atoms with van der Waals surface area (Å²) in [7, 11) is -6.78. The molecule has 12 heteroatoms. The van der Waals surface area contributed by atoms with E-state index in [1.54, 1.807) is 11.0 Å². The van der Waals surface area contributed by atoms with E-state index in [-0.39, 0.29) is 20.6 Å². The number of benzene rings is 1. The molecule has 1 saturated carbocycles. The second kappa shape index (κ2) is 8.64. The zero-order chi connectivity index (χ0) is 23.1. The average molecular weight is 500 g/mol. The molecule has 0 unspecified atom stereocenters. The number of piperazine rings is 1. The zero-order valence-corrected chi connectivity index (χ0v) is 20.3. The fourth-order valence-electron chi connectivity index (χ4n) is 3.36. The lowest BCUT2D eigenvalue weighted by molar-refractivity contribution is 0.0741. The van der Waals surface area contributed by atoms with E-state index in [0.29, 0.717) is 49.6 Å². The van der Waals surface area contributed by atoms with Crippen molar-refractivity contribution in [3.8, 4) is 5.75 Å². The Morgan fingerprint density at radius 1 is 1.09 bits per heavy atom. The van der Waals surface area contributed by atoms with Gasteiger partial charge in [0.05, 0.1) is 23.3 Å². The summed E-state index contributed by atoms with van der Waals surface area (Å²) < 4.78 is 53.5. The number of hydrogen-bond donors (Lipinski definition) is 0. The molecule has 2 aromatic rings. The van der Waals surface area contributed by atoms with Crippen molar-refractivity contribution in [2.24, 2.45) is 5.92 Å². The predicted octanol–water partition coefficient (Wildman–Crippen LogP) is 1.70. The molecule has 0 atom stereocenters. The van der Waals surface area contributed by atoms with Crippen molar-refractivity contribution in [1.82, 2.24) is 9.88 Å². The van der Waals surface area contributed by atoms with E-state index in [1.807, 2.05) is 4.90 Å². The van der Waals surface area contributed by atoms with Gasteiger partial charge in [0.15, 0.2) is 24.8 Å². The minimum Gasteiger partial charge on any atom is -0.492 e. The van der Waals surface area contributed by atoms with Crippen molar-refractivity contribution in [3.63, 3.8) is 0 Å². The maximum Gasteiger partial charge on any atom is 0.257 e. The third-order valence-electron chi connectivity index (χ3n) is 5.46. The molecule has 0 bridgehead atoms. The third kappa shape index (κ3) is 5.24. The minimum absolute atomic E-state index is 0.0781. The largest absolute Gasteiger partial charge is 0.492 e. The van der Waals surface area contributed by atoms with Crippen molar-refractivity contribution < 1.29 is 26.4 Å². The molecule has 0 spiro atoms. The summed E-state index contributed by atoms with van der Waals surface area (Å²) in [5.41, 5.74) is 0.246. The van der Waals surface area contributed by atoms with Crippen LogP contribution in [-0.4, -0.2) is 77.9 Å². The monoisotopic (exact) mass is 499 g/mol. The lowest BCUT2D eigenvalue weighted by atomic mass is 10.1. The highest BCUT2D eigenvalue weighted by molar-refractivity contribution is 7.92. The summed E-state index contributed by atoms with van der Waals surface area (Å²) in [5, 5.41) is 0.602. The first-order valence-electron chi connectivity index (χ1n) is 10.2. The van der Waals surface area contributed by atoms with E-state index >= 15 is 0 Å². The number of thiazole rings is 1. The fourth-order valence-corrected chi connectivity index (χ4v) is 5.79. The van der Waals surface area contributed by atoms with Gasteiger partial charge in [-0.15, -0.1) is 0 Å². The Balaban J connectivity index is 1.49. The van der Waals surface area contributed by atoms with Gasteiger partial charge in [0.1, 0.15) is 9.96 Å². The first-order valence-corrected chi connectivity index (χ1v) is 14.8. The number of hydrogen-bond acceptors (Lipinski definition) is 9. The molecular formula is C20H25N3O6S3. The van der Waals surface area contributed by atoms with Gasteiger partial charge >= 0.3 is 0 Å². The number of rotatable bonds is 7. The van der Waals surface area contributed by atoms with Crippen molar-refractivity contribution in [3.05, 3.63) is 30.0 Å². The van der Waals surface area contributed by atoms with Crippen LogP contribution in [0.15, 0.2) is 33.5 Å². The van der Waals surface area contributed by atoms with Gasteiger partial charge in [-0.05, 0) is 37.0 Å². The van der Waals surface area contributed by atoms with Gasteiger partial charge in [-0.2, -0.15) is 0 Å². The molecule has 0 radical (unpaired) electrons. The van der Waals surface area contributed by atoms with Crippen LogP contribution in [0.1, 0.15) is 23.2 Å². The number of anilines is 1. The molecule has 2 aliphatic rings. The number of ether oxygens (including phenoxy) is 1. The smallest absolute Gasteiger partial charge is 0.257 e. The predicted molar refractivity (Wildman–Crippen MR) is 121 cm³/mol. The van der Waals surface area contributed by atoms with Gasteiger partial charge in [-0.1, -0.05) is 11.3 Å². The second-order valence-corrected chi connectivity index (χ2v) is 13.5. The average Bonchev–Trinajstić information content (AvgIpc) is 3.42. The van der Waals surface area contributed by atoms with Crippen LogP contribution in [0.2, 0.25) is 0 Å². The van der Waals surface area contributed by atoms with E-state index in [2.05, 4.69) is 4.98 Å². The molecule has 174 valence electrons. The Hall–Kier alpha value is -2.18. The van der Waals surface area contributed by atoms with Gasteiger partial charge in [0, 0.05) is 38.7 Å². The van der Waals surface area contributed by atoms with E-state index < -0.39 is 19.7 Å². The molecule has 9 nitrogen and oxygen atoms in total. The highest BCUT2D eigenvalue weighted by atomic mass is 32.2. The van der Waals surface area contributed by atoms with E-state index in [0.717, 1.165) is 36.7 Å². The van der Waals surface area contributed by atoms with Gasteiger partial charge in [-0.3, -0.25) is 4.79 Å². The van der Waals surface area contributed by atoms with E-state index in [4.69, 9.17) is 4.74 Å². The molecule has 2 fully saturated rings. The van der Waals surface area contributed by atoms with Crippen LogP contribution in [0.4, 0.5) is 5.13 Å². The molecule has 1 amide bonds. The summed E-state index contributed by atoms with van der Waals surface area (Å²) in [6.07, 6.45) is 5.81. The maximum absolute atomic E-state index is 13.3. The lowest BCUT2D eigenvalue weighted by Gasteiger charge is -2.34. The summed E-state index contributed by atoms with van der Waals surface area (Å²) in [5.74, 6) is 0.609. The number of aromatic nitrogens is 1. The highest BCUT2D eigenvalue weighted by Gasteiger charge is 2.28.